The second-order valence-corrected chi connectivity index (χ2v) is 6.57. The first-order chi connectivity index (χ1) is 10.2. The molecule has 22 heavy (non-hydrogen) atoms. The summed E-state index contributed by atoms with van der Waals surface area (Å²) in [7, 11) is -3.47. The van der Waals surface area contributed by atoms with E-state index >= 15 is 0 Å². The summed E-state index contributed by atoms with van der Waals surface area (Å²) in [5, 5.41) is 0. The van der Waals surface area contributed by atoms with Crippen molar-refractivity contribution >= 4 is 21.2 Å². The first-order valence-corrected chi connectivity index (χ1v) is 8.25. The normalized spacial score (nSPS) is 12.9. The average molecular weight is 336 g/mol. The van der Waals surface area contributed by atoms with E-state index in [2.05, 4.69) is 14.7 Å². The zero-order valence-electron chi connectivity index (χ0n) is 11.8. The number of nitrogens with zero attached hydrogens (tertiary/aromatic N) is 3. The first-order valence-electron chi connectivity index (χ1n) is 6.60. The fraction of sp³-hybridized carbons (Fsp3) is 0.500. The molecule has 0 unspecified atom stereocenters. The molecule has 0 radical (unpaired) electrons. The van der Waals surface area contributed by atoms with E-state index in [9.17, 15) is 21.6 Å². The summed E-state index contributed by atoms with van der Waals surface area (Å²) < 4.78 is 65.3. The van der Waals surface area contributed by atoms with Crippen LogP contribution in [0.2, 0.25) is 0 Å². The van der Waals surface area contributed by atoms with Gasteiger partial charge in [-0.05, 0) is 18.6 Å². The van der Waals surface area contributed by atoms with Gasteiger partial charge in [0.2, 0.25) is 15.8 Å². The Labute approximate surface area is 125 Å². The summed E-state index contributed by atoms with van der Waals surface area (Å²) in [4.78, 5) is 7.42. The molecular weight excluding hydrogens is 321 g/mol. The summed E-state index contributed by atoms with van der Waals surface area (Å²) in [6, 6.07) is 2.92. The second kappa shape index (κ2) is 6.21. The SMILES string of the molecule is CCCS(=O)(=O)NCCn1c(C(F)(F)F)nc2cccnc21. The quantitative estimate of drug-likeness (QED) is 0.872. The summed E-state index contributed by atoms with van der Waals surface area (Å²) in [5.41, 5.74) is 0.191. The molecule has 0 aliphatic heterocycles. The molecule has 2 rings (SSSR count). The molecular formula is C12H15F3N4O2S. The van der Waals surface area contributed by atoms with E-state index in [1.54, 1.807) is 6.92 Å². The number of alkyl halides is 3. The number of imidazole rings is 1. The topological polar surface area (TPSA) is 76.9 Å². The van der Waals surface area contributed by atoms with Gasteiger partial charge in [0.05, 0.1) is 5.75 Å². The molecule has 0 spiro atoms. The Morgan fingerprint density at radius 3 is 2.73 bits per heavy atom. The number of rotatable bonds is 6. The van der Waals surface area contributed by atoms with Crippen LogP contribution in [0, 0.1) is 0 Å². The Balaban J connectivity index is 2.26. The average Bonchev–Trinajstić information content (AvgIpc) is 2.78. The molecule has 0 amide bonds. The molecule has 2 heterocycles. The van der Waals surface area contributed by atoms with Gasteiger partial charge >= 0.3 is 6.18 Å². The number of sulfonamides is 1. The lowest BCUT2D eigenvalue weighted by Gasteiger charge is -2.11. The number of nitrogens with one attached hydrogen (secondary N) is 1. The van der Waals surface area contributed by atoms with E-state index in [4.69, 9.17) is 0 Å². The van der Waals surface area contributed by atoms with Crippen molar-refractivity contribution in [1.29, 1.82) is 0 Å². The predicted octanol–water partition coefficient (Wildman–Crippen LogP) is 1.78. The number of hydrogen-bond acceptors (Lipinski definition) is 4. The molecule has 122 valence electrons. The van der Waals surface area contributed by atoms with Crippen LogP contribution in [0.4, 0.5) is 13.2 Å². The van der Waals surface area contributed by atoms with Crippen LogP contribution in [0.5, 0.6) is 0 Å². The molecule has 1 N–H and O–H groups in total. The molecule has 0 fully saturated rings. The highest BCUT2D eigenvalue weighted by molar-refractivity contribution is 7.89. The minimum Gasteiger partial charge on any atom is -0.304 e. The Hall–Kier alpha value is -1.68. The fourth-order valence-electron chi connectivity index (χ4n) is 2.04. The minimum absolute atomic E-state index is 0.0674. The molecule has 2 aromatic heterocycles. The van der Waals surface area contributed by atoms with Crippen LogP contribution in [0.25, 0.3) is 11.2 Å². The van der Waals surface area contributed by atoms with Gasteiger partial charge in [-0.3, -0.25) is 0 Å². The molecule has 0 bridgehead atoms. The van der Waals surface area contributed by atoms with Gasteiger partial charge in [-0.15, -0.1) is 0 Å². The third kappa shape index (κ3) is 3.74. The Morgan fingerprint density at radius 2 is 2.09 bits per heavy atom. The molecule has 0 aliphatic carbocycles. The Bertz CT molecular complexity index is 755. The van der Waals surface area contributed by atoms with E-state index < -0.39 is 22.0 Å². The standard InChI is InChI=1S/C12H15F3N4O2S/c1-2-8-22(20,21)17-6-7-19-10-9(4-3-5-16-10)18-11(19)12(13,14)15/h3-5,17H,2,6-8H2,1H3. The first kappa shape index (κ1) is 16.7. The van der Waals surface area contributed by atoms with E-state index in [1.165, 1.54) is 18.3 Å². The third-order valence-electron chi connectivity index (χ3n) is 2.89. The van der Waals surface area contributed by atoms with Crippen LogP contribution >= 0.6 is 0 Å². The van der Waals surface area contributed by atoms with Crippen LogP contribution in [0.1, 0.15) is 19.2 Å². The summed E-state index contributed by atoms with van der Waals surface area (Å²) in [5.74, 6) is -1.15. The molecule has 10 heteroatoms. The van der Waals surface area contributed by atoms with Crippen molar-refractivity contribution in [2.75, 3.05) is 12.3 Å². The van der Waals surface area contributed by atoms with Crippen molar-refractivity contribution in [3.63, 3.8) is 0 Å². The lowest BCUT2D eigenvalue weighted by molar-refractivity contribution is -0.146. The number of aromatic nitrogens is 3. The highest BCUT2D eigenvalue weighted by atomic mass is 32.2. The molecule has 0 aromatic carbocycles. The Morgan fingerprint density at radius 1 is 1.36 bits per heavy atom. The third-order valence-corrected chi connectivity index (χ3v) is 4.48. The van der Waals surface area contributed by atoms with Crippen LogP contribution in [-0.2, 0) is 22.7 Å². The van der Waals surface area contributed by atoms with Crippen molar-refractivity contribution in [3.05, 3.63) is 24.2 Å². The predicted molar refractivity (Wildman–Crippen MR) is 74.6 cm³/mol. The van der Waals surface area contributed by atoms with Gasteiger partial charge in [0.25, 0.3) is 0 Å². The molecule has 0 atom stereocenters. The number of fused-ring (bicyclic) bond motifs is 1. The van der Waals surface area contributed by atoms with E-state index in [0.717, 1.165) is 4.57 Å². The van der Waals surface area contributed by atoms with E-state index in [0.29, 0.717) is 6.42 Å². The van der Waals surface area contributed by atoms with Crippen LogP contribution in [-0.4, -0.2) is 35.3 Å². The molecule has 0 saturated carbocycles. The number of pyridine rings is 1. The lowest BCUT2D eigenvalue weighted by Crippen LogP contribution is -2.30. The molecule has 2 aromatic rings. The maximum atomic E-state index is 13.0. The van der Waals surface area contributed by atoms with E-state index in [-0.39, 0.29) is 30.0 Å². The van der Waals surface area contributed by atoms with Crippen LogP contribution in [0.15, 0.2) is 18.3 Å². The van der Waals surface area contributed by atoms with Gasteiger partial charge in [-0.1, -0.05) is 6.92 Å². The van der Waals surface area contributed by atoms with Crippen LogP contribution < -0.4 is 4.72 Å². The Kier molecular flexibility index (Phi) is 4.71. The fourth-order valence-corrected chi connectivity index (χ4v) is 3.12. The highest BCUT2D eigenvalue weighted by Crippen LogP contribution is 2.30. The lowest BCUT2D eigenvalue weighted by atomic mass is 10.4. The summed E-state index contributed by atoms with van der Waals surface area (Å²) >= 11 is 0. The molecule has 0 aliphatic rings. The van der Waals surface area contributed by atoms with Crippen molar-refractivity contribution < 1.29 is 21.6 Å². The van der Waals surface area contributed by atoms with Crippen molar-refractivity contribution in [3.8, 4) is 0 Å². The van der Waals surface area contributed by atoms with Gasteiger partial charge < -0.3 is 4.57 Å². The maximum Gasteiger partial charge on any atom is 0.449 e. The van der Waals surface area contributed by atoms with Gasteiger partial charge in [0.15, 0.2) is 5.65 Å². The largest absolute Gasteiger partial charge is 0.449 e. The van der Waals surface area contributed by atoms with Gasteiger partial charge in [0.1, 0.15) is 5.52 Å². The highest BCUT2D eigenvalue weighted by Gasteiger charge is 2.37. The number of halogens is 3. The van der Waals surface area contributed by atoms with Gasteiger partial charge in [-0.2, -0.15) is 13.2 Å². The van der Waals surface area contributed by atoms with Crippen molar-refractivity contribution in [1.82, 2.24) is 19.3 Å². The second-order valence-electron chi connectivity index (χ2n) is 4.64. The summed E-state index contributed by atoms with van der Waals surface area (Å²) in [6.07, 6.45) is -2.84. The van der Waals surface area contributed by atoms with Crippen molar-refractivity contribution in [2.45, 2.75) is 26.1 Å². The van der Waals surface area contributed by atoms with Crippen LogP contribution in [0.3, 0.4) is 0 Å². The minimum atomic E-state index is -4.64. The number of hydrogen-bond donors (Lipinski definition) is 1. The monoisotopic (exact) mass is 336 g/mol. The van der Waals surface area contributed by atoms with E-state index in [1.807, 2.05) is 0 Å². The maximum absolute atomic E-state index is 13.0. The van der Waals surface area contributed by atoms with Gasteiger partial charge in [0, 0.05) is 19.3 Å². The van der Waals surface area contributed by atoms with Gasteiger partial charge in [-0.25, -0.2) is 23.1 Å². The summed E-state index contributed by atoms with van der Waals surface area (Å²) in [6.45, 7) is 1.34. The van der Waals surface area contributed by atoms with Crippen molar-refractivity contribution in [2.24, 2.45) is 0 Å². The smallest absolute Gasteiger partial charge is 0.304 e. The zero-order valence-corrected chi connectivity index (χ0v) is 12.6. The molecule has 0 saturated heterocycles. The zero-order chi connectivity index (χ0) is 16.4. The molecule has 6 nitrogen and oxygen atoms in total.